The van der Waals surface area contributed by atoms with E-state index < -0.39 is 24.9 Å². The van der Waals surface area contributed by atoms with Gasteiger partial charge in [0.05, 0.1) is 8.80 Å². The van der Waals surface area contributed by atoms with E-state index in [-0.39, 0.29) is 0 Å². The molecule has 3 heteroatoms. The first-order chi connectivity index (χ1) is 12.6. The van der Waals surface area contributed by atoms with E-state index in [1.54, 1.807) is 31.4 Å². The fourth-order valence-corrected chi connectivity index (χ4v) is 16.2. The van der Waals surface area contributed by atoms with Crippen LogP contribution in [0.25, 0.3) is 0 Å². The highest BCUT2D eigenvalue weighted by Crippen LogP contribution is 2.50. The molecule has 0 aromatic heterocycles. The minimum atomic E-state index is -0.968. The second kappa shape index (κ2) is 8.71. The van der Waals surface area contributed by atoms with E-state index >= 15 is 0 Å². The van der Waals surface area contributed by atoms with E-state index in [2.05, 4.69) is 69.6 Å². The van der Waals surface area contributed by atoms with Gasteiger partial charge in [-0.1, -0.05) is 125 Å². The monoisotopic (exact) mass is 416 g/mol. The number of rotatable bonds is 7. The Bertz CT molecular complexity index is 584. The Kier molecular flexibility index (Phi) is 6.96. The van der Waals surface area contributed by atoms with Gasteiger partial charge in [0.2, 0.25) is 0 Å². The van der Waals surface area contributed by atoms with Crippen LogP contribution in [0.4, 0.5) is 0 Å². The van der Waals surface area contributed by atoms with Crippen molar-refractivity contribution in [2.75, 3.05) is 0 Å². The lowest BCUT2D eigenvalue weighted by Crippen LogP contribution is -2.41. The number of hydrogen-bond donors (Lipinski definition) is 0. The van der Waals surface area contributed by atoms with Gasteiger partial charge < -0.3 is 0 Å². The van der Waals surface area contributed by atoms with Crippen LogP contribution in [0.15, 0.2) is 30.3 Å². The molecule has 0 spiro atoms. The lowest BCUT2D eigenvalue weighted by Gasteiger charge is -2.35. The summed E-state index contributed by atoms with van der Waals surface area (Å²) in [6.07, 6.45) is 9.27. The van der Waals surface area contributed by atoms with Crippen LogP contribution >= 0.6 is 0 Å². The maximum Gasteiger partial charge on any atom is 0.0772 e. The molecule has 27 heavy (non-hydrogen) atoms. The minimum absolute atomic E-state index is 0.913. The van der Waals surface area contributed by atoms with Crippen LogP contribution in [0.1, 0.15) is 38.5 Å². The highest BCUT2D eigenvalue weighted by atomic mass is 28.3. The third kappa shape index (κ3) is 6.17. The molecule has 2 aliphatic rings. The van der Waals surface area contributed by atoms with Crippen LogP contribution in [0.3, 0.4) is 0 Å². The fourth-order valence-electron chi connectivity index (χ4n) is 6.61. The average molecular weight is 417 g/mol. The van der Waals surface area contributed by atoms with Gasteiger partial charge in [-0.3, -0.25) is 0 Å². The Balaban J connectivity index is 1.80. The molecular weight excluding hydrogens is 373 g/mol. The Hall–Kier alpha value is -0.129. The Morgan fingerprint density at radius 1 is 0.815 bits per heavy atom. The van der Waals surface area contributed by atoms with Crippen molar-refractivity contribution >= 4 is 30.1 Å². The molecule has 0 radical (unpaired) electrons. The van der Waals surface area contributed by atoms with Gasteiger partial charge in [0, 0.05) is 16.1 Å². The van der Waals surface area contributed by atoms with Crippen molar-refractivity contribution in [3.05, 3.63) is 30.3 Å². The maximum atomic E-state index is 2.60. The molecular formula is C24H44Si3. The summed E-state index contributed by atoms with van der Waals surface area (Å²) in [6, 6.07) is 15.1. The molecule has 1 aromatic rings. The summed E-state index contributed by atoms with van der Waals surface area (Å²) in [4.78, 5) is 0. The van der Waals surface area contributed by atoms with Gasteiger partial charge in [-0.15, -0.1) is 0 Å². The van der Waals surface area contributed by atoms with Crippen molar-refractivity contribution in [3.8, 4) is 0 Å². The zero-order valence-corrected chi connectivity index (χ0v) is 22.1. The van der Waals surface area contributed by atoms with Crippen molar-refractivity contribution in [1.29, 1.82) is 0 Å². The molecule has 1 aromatic carbocycles. The molecule has 0 aliphatic heterocycles. The third-order valence-electron chi connectivity index (χ3n) is 7.23. The zero-order valence-electron chi connectivity index (χ0n) is 18.9. The molecule has 0 nitrogen and oxygen atoms in total. The molecule has 0 N–H and O–H groups in total. The van der Waals surface area contributed by atoms with Gasteiger partial charge >= 0.3 is 0 Å². The Morgan fingerprint density at radius 3 is 2.11 bits per heavy atom. The molecule has 0 amide bonds. The summed E-state index contributed by atoms with van der Waals surface area (Å²) in [6.45, 7) is 15.5. The second-order valence-corrected chi connectivity index (χ2v) is 26.8. The Labute approximate surface area is 173 Å². The highest BCUT2D eigenvalue weighted by Gasteiger charge is 2.43. The highest BCUT2D eigenvalue weighted by molar-refractivity contribution is 6.78. The fraction of sp³-hybridized carbons (Fsp3) is 0.750. The third-order valence-corrected chi connectivity index (χ3v) is 15.4. The van der Waals surface area contributed by atoms with Crippen molar-refractivity contribution in [2.24, 2.45) is 11.8 Å². The van der Waals surface area contributed by atoms with Crippen LogP contribution in [0.2, 0.25) is 62.5 Å². The van der Waals surface area contributed by atoms with Crippen LogP contribution in [-0.2, 0) is 0 Å². The molecule has 2 fully saturated rings. The van der Waals surface area contributed by atoms with Gasteiger partial charge in [-0.25, -0.2) is 0 Å². The standard InChI is InChI=1S/C24H44Si3/c1-26(2,3)18-20-15-16-23(17-20)25(22-12-8-7-9-13-22)24-14-10-11-21(24)19-27(4,5)6/h7-9,12-13,20-21,23-25H,10-11,14-19H2,1-6H3/t20?,21?,23?,24?,25-/m1/s1. The minimum Gasteiger partial charge on any atom is -0.0695 e. The maximum absolute atomic E-state index is 2.60. The van der Waals surface area contributed by atoms with Gasteiger partial charge in [-0.05, 0) is 22.9 Å². The second-order valence-electron chi connectivity index (χ2n) is 12.3. The molecule has 2 saturated carbocycles. The molecule has 4 unspecified atom stereocenters. The average Bonchev–Trinajstić information content (AvgIpc) is 3.16. The molecule has 0 bridgehead atoms. The largest absolute Gasteiger partial charge is 0.0772 e. The lowest BCUT2D eigenvalue weighted by molar-refractivity contribution is 0.578. The summed E-state index contributed by atoms with van der Waals surface area (Å²) < 4.78 is 0. The van der Waals surface area contributed by atoms with Crippen LogP contribution in [-0.4, -0.2) is 24.9 Å². The summed E-state index contributed by atoms with van der Waals surface area (Å²) in [5, 5.41) is 1.81. The lowest BCUT2D eigenvalue weighted by atomic mass is 10.1. The first-order valence-corrected chi connectivity index (χ1v) is 21.0. The molecule has 5 atom stereocenters. The van der Waals surface area contributed by atoms with E-state index in [9.17, 15) is 0 Å². The summed E-state index contributed by atoms with van der Waals surface area (Å²) in [5.41, 5.74) is 2.18. The van der Waals surface area contributed by atoms with E-state index in [4.69, 9.17) is 0 Å². The van der Waals surface area contributed by atoms with Crippen LogP contribution in [0, 0.1) is 11.8 Å². The quantitative estimate of drug-likeness (QED) is 0.414. The molecule has 152 valence electrons. The van der Waals surface area contributed by atoms with Gasteiger partial charge in [-0.2, -0.15) is 0 Å². The Morgan fingerprint density at radius 2 is 1.48 bits per heavy atom. The van der Waals surface area contributed by atoms with E-state index in [0.717, 1.165) is 22.9 Å². The summed E-state index contributed by atoms with van der Waals surface area (Å²) >= 11 is 0. The number of benzene rings is 1. The van der Waals surface area contributed by atoms with Crippen molar-refractivity contribution in [2.45, 2.75) is 101 Å². The van der Waals surface area contributed by atoms with E-state index in [1.165, 1.54) is 19.3 Å². The van der Waals surface area contributed by atoms with Crippen molar-refractivity contribution < 1.29 is 0 Å². The normalized spacial score (nSPS) is 30.6. The summed E-state index contributed by atoms with van der Waals surface area (Å²) in [5.74, 6) is 2.11. The van der Waals surface area contributed by atoms with Crippen LogP contribution < -0.4 is 5.19 Å². The molecule has 0 heterocycles. The first-order valence-electron chi connectivity index (χ1n) is 11.7. The van der Waals surface area contributed by atoms with Crippen molar-refractivity contribution in [1.82, 2.24) is 0 Å². The predicted molar refractivity (Wildman–Crippen MR) is 132 cm³/mol. The smallest absolute Gasteiger partial charge is 0.0695 e. The SMILES string of the molecule is C[Si](C)(C)CC1CCC([Si@@H](c2ccccc2)C2CCCC2C[Si](C)(C)C)C1. The molecule has 3 rings (SSSR count). The van der Waals surface area contributed by atoms with Crippen molar-refractivity contribution in [3.63, 3.8) is 0 Å². The van der Waals surface area contributed by atoms with Gasteiger partial charge in [0.15, 0.2) is 0 Å². The molecule has 2 aliphatic carbocycles. The number of hydrogen-bond acceptors (Lipinski definition) is 0. The van der Waals surface area contributed by atoms with Gasteiger partial charge in [0.1, 0.15) is 0 Å². The van der Waals surface area contributed by atoms with Gasteiger partial charge in [0.25, 0.3) is 0 Å². The van der Waals surface area contributed by atoms with E-state index in [0.29, 0.717) is 0 Å². The zero-order chi connectivity index (χ0) is 19.7. The molecule has 0 saturated heterocycles. The topological polar surface area (TPSA) is 0 Å². The first kappa shape index (κ1) is 21.6. The van der Waals surface area contributed by atoms with E-state index in [1.807, 2.05) is 5.19 Å². The summed E-state index contributed by atoms with van der Waals surface area (Å²) in [7, 11) is -2.80. The predicted octanol–water partition coefficient (Wildman–Crippen LogP) is 7.14. The van der Waals surface area contributed by atoms with Crippen LogP contribution in [0.5, 0.6) is 0 Å².